The van der Waals surface area contributed by atoms with Crippen LogP contribution in [-0.4, -0.2) is 52.4 Å². The summed E-state index contributed by atoms with van der Waals surface area (Å²) in [6.07, 6.45) is 1.71. The second-order valence-electron chi connectivity index (χ2n) is 8.12. The summed E-state index contributed by atoms with van der Waals surface area (Å²) in [6, 6.07) is 17.5. The number of nitrogens with one attached hydrogen (secondary N) is 1. The van der Waals surface area contributed by atoms with Crippen molar-refractivity contribution in [3.63, 3.8) is 0 Å². The fourth-order valence-corrected chi connectivity index (χ4v) is 3.82. The molecule has 0 aliphatic heterocycles. The maximum absolute atomic E-state index is 12.8. The number of ether oxygens (including phenoxy) is 1. The van der Waals surface area contributed by atoms with Crippen LogP contribution in [0.25, 0.3) is 10.8 Å². The summed E-state index contributed by atoms with van der Waals surface area (Å²) in [6.45, 7) is 2.78. The summed E-state index contributed by atoms with van der Waals surface area (Å²) in [4.78, 5) is 24.0. The number of hydrogen-bond donors (Lipinski definition) is 1. The molecular formula is C25H28N6O2. The predicted molar refractivity (Wildman–Crippen MR) is 130 cm³/mol. The van der Waals surface area contributed by atoms with E-state index in [1.54, 1.807) is 13.3 Å². The molecule has 0 amide bonds. The Kier molecular flexibility index (Phi) is 6.65. The van der Waals surface area contributed by atoms with Crippen molar-refractivity contribution in [3.8, 4) is 5.75 Å². The van der Waals surface area contributed by atoms with Gasteiger partial charge in [-0.2, -0.15) is 5.10 Å². The summed E-state index contributed by atoms with van der Waals surface area (Å²) >= 11 is 0. The van der Waals surface area contributed by atoms with Crippen molar-refractivity contribution < 1.29 is 4.74 Å². The van der Waals surface area contributed by atoms with Crippen LogP contribution in [0.5, 0.6) is 5.75 Å². The number of likely N-dealkylation sites (N-methyl/N-ethyl adjacent to an activating group) is 1. The highest BCUT2D eigenvalue weighted by atomic mass is 16.5. The third-order valence-electron chi connectivity index (χ3n) is 5.57. The Morgan fingerprint density at radius 2 is 1.85 bits per heavy atom. The molecule has 0 aliphatic carbocycles. The molecule has 0 fully saturated rings. The van der Waals surface area contributed by atoms with E-state index in [1.807, 2.05) is 63.5 Å². The largest absolute Gasteiger partial charge is 0.497 e. The standard InChI is InChI=1S/C25H28N6O2/c1-17-28-20(16-31-25(32)22-8-6-5-7-19(22)14-27-31)13-24(29-17)26-15-23(30(2)3)18-9-11-21(33-4)12-10-18/h5-14,23H,15-16H2,1-4H3,(H,26,28,29)/t23-/m1/s1. The Labute approximate surface area is 192 Å². The van der Waals surface area contributed by atoms with Gasteiger partial charge in [-0.3, -0.25) is 4.79 Å². The molecule has 4 rings (SSSR count). The minimum Gasteiger partial charge on any atom is -0.497 e. The van der Waals surface area contributed by atoms with Crippen LogP contribution in [0.2, 0.25) is 0 Å². The summed E-state index contributed by atoms with van der Waals surface area (Å²) < 4.78 is 6.71. The van der Waals surface area contributed by atoms with E-state index in [-0.39, 0.29) is 18.1 Å². The van der Waals surface area contributed by atoms with E-state index >= 15 is 0 Å². The first kappa shape index (κ1) is 22.4. The van der Waals surface area contributed by atoms with Gasteiger partial charge >= 0.3 is 0 Å². The summed E-state index contributed by atoms with van der Waals surface area (Å²) in [5.41, 5.74) is 1.76. The van der Waals surface area contributed by atoms with Crippen molar-refractivity contribution in [2.75, 3.05) is 33.1 Å². The molecule has 4 aromatic rings. The lowest BCUT2D eigenvalue weighted by Crippen LogP contribution is -2.27. The molecule has 2 aromatic heterocycles. The first-order valence-electron chi connectivity index (χ1n) is 10.8. The highest BCUT2D eigenvalue weighted by Crippen LogP contribution is 2.22. The van der Waals surface area contributed by atoms with Gasteiger partial charge in [-0.05, 0) is 44.8 Å². The monoisotopic (exact) mass is 444 g/mol. The molecule has 8 heteroatoms. The number of aryl methyl sites for hydroxylation is 1. The van der Waals surface area contributed by atoms with Gasteiger partial charge in [-0.15, -0.1) is 0 Å². The highest BCUT2D eigenvalue weighted by Gasteiger charge is 2.15. The third-order valence-corrected chi connectivity index (χ3v) is 5.57. The van der Waals surface area contributed by atoms with Crippen LogP contribution in [0, 0.1) is 6.92 Å². The number of nitrogens with zero attached hydrogens (tertiary/aromatic N) is 5. The Hall–Kier alpha value is -3.78. The zero-order valence-electron chi connectivity index (χ0n) is 19.3. The second kappa shape index (κ2) is 9.79. The summed E-state index contributed by atoms with van der Waals surface area (Å²) in [7, 11) is 5.76. The van der Waals surface area contributed by atoms with Gasteiger partial charge in [0.05, 0.1) is 37.0 Å². The van der Waals surface area contributed by atoms with Crippen molar-refractivity contribution in [1.29, 1.82) is 0 Å². The predicted octanol–water partition coefficient (Wildman–Crippen LogP) is 3.27. The van der Waals surface area contributed by atoms with Gasteiger partial charge in [0.2, 0.25) is 0 Å². The lowest BCUT2D eigenvalue weighted by Gasteiger charge is -2.25. The topological polar surface area (TPSA) is 85.2 Å². The van der Waals surface area contributed by atoms with Crippen LogP contribution in [0.1, 0.15) is 23.1 Å². The minimum absolute atomic E-state index is 0.133. The number of hydrogen-bond acceptors (Lipinski definition) is 7. The minimum atomic E-state index is -0.133. The Morgan fingerprint density at radius 3 is 2.58 bits per heavy atom. The van der Waals surface area contributed by atoms with Crippen molar-refractivity contribution >= 4 is 16.6 Å². The van der Waals surface area contributed by atoms with Crippen LogP contribution >= 0.6 is 0 Å². The van der Waals surface area contributed by atoms with Gasteiger partial charge in [0.25, 0.3) is 5.56 Å². The molecule has 0 saturated carbocycles. The van der Waals surface area contributed by atoms with Crippen LogP contribution in [0.3, 0.4) is 0 Å². The molecule has 0 spiro atoms. The van der Waals surface area contributed by atoms with Crippen LogP contribution in [-0.2, 0) is 6.54 Å². The molecule has 170 valence electrons. The van der Waals surface area contributed by atoms with E-state index in [1.165, 1.54) is 10.2 Å². The molecule has 1 atom stereocenters. The first-order valence-corrected chi connectivity index (χ1v) is 10.8. The normalized spacial score (nSPS) is 12.2. The number of rotatable bonds is 8. The SMILES string of the molecule is COc1ccc([C@@H](CNc2cc(Cn3ncc4ccccc4c3=O)nc(C)n2)N(C)C)cc1. The van der Waals surface area contributed by atoms with Crippen molar-refractivity contribution in [3.05, 3.63) is 88.2 Å². The number of aromatic nitrogens is 4. The number of methoxy groups -OCH3 is 1. The smallest absolute Gasteiger partial charge is 0.274 e. The number of fused-ring (bicyclic) bond motifs is 1. The lowest BCUT2D eigenvalue weighted by molar-refractivity contribution is 0.311. The third kappa shape index (κ3) is 5.18. The fraction of sp³-hybridized carbons (Fsp3) is 0.280. The second-order valence-corrected chi connectivity index (χ2v) is 8.12. The lowest BCUT2D eigenvalue weighted by atomic mass is 10.1. The molecule has 0 aliphatic rings. The van der Waals surface area contributed by atoms with Crippen molar-refractivity contribution in [1.82, 2.24) is 24.6 Å². The summed E-state index contributed by atoms with van der Waals surface area (Å²) in [5, 5.41) is 9.22. The average molecular weight is 445 g/mol. The van der Waals surface area contributed by atoms with Gasteiger partial charge in [0.1, 0.15) is 17.4 Å². The number of anilines is 1. The van der Waals surface area contributed by atoms with E-state index in [2.05, 4.69) is 37.4 Å². The quantitative estimate of drug-likeness (QED) is 0.446. The Balaban J connectivity index is 1.53. The molecule has 2 heterocycles. The van der Waals surface area contributed by atoms with Crippen LogP contribution in [0.4, 0.5) is 5.82 Å². The van der Waals surface area contributed by atoms with Crippen molar-refractivity contribution in [2.24, 2.45) is 0 Å². The van der Waals surface area contributed by atoms with Gasteiger partial charge in [-0.25, -0.2) is 14.6 Å². The number of benzene rings is 2. The van der Waals surface area contributed by atoms with E-state index < -0.39 is 0 Å². The van der Waals surface area contributed by atoms with Gasteiger partial charge < -0.3 is 15.0 Å². The van der Waals surface area contributed by atoms with Crippen LogP contribution < -0.4 is 15.6 Å². The molecule has 0 radical (unpaired) electrons. The molecule has 0 saturated heterocycles. The van der Waals surface area contributed by atoms with E-state index in [0.717, 1.165) is 16.8 Å². The Morgan fingerprint density at radius 1 is 1.09 bits per heavy atom. The van der Waals surface area contributed by atoms with E-state index in [9.17, 15) is 4.79 Å². The maximum Gasteiger partial charge on any atom is 0.274 e. The van der Waals surface area contributed by atoms with Crippen LogP contribution in [0.15, 0.2) is 65.6 Å². The summed E-state index contributed by atoms with van der Waals surface area (Å²) in [5.74, 6) is 2.18. The van der Waals surface area contributed by atoms with Crippen molar-refractivity contribution in [2.45, 2.75) is 19.5 Å². The first-order chi connectivity index (χ1) is 15.9. The molecular weight excluding hydrogens is 416 g/mol. The molecule has 0 bridgehead atoms. The maximum atomic E-state index is 12.8. The van der Waals surface area contributed by atoms with E-state index in [0.29, 0.717) is 23.6 Å². The van der Waals surface area contributed by atoms with E-state index in [4.69, 9.17) is 4.74 Å². The molecule has 0 unspecified atom stereocenters. The molecule has 2 aromatic carbocycles. The Bertz CT molecular complexity index is 1300. The van der Waals surface area contributed by atoms with Gasteiger partial charge in [0, 0.05) is 18.0 Å². The molecule has 1 N–H and O–H groups in total. The average Bonchev–Trinajstić information content (AvgIpc) is 2.81. The fourth-order valence-electron chi connectivity index (χ4n) is 3.82. The molecule has 8 nitrogen and oxygen atoms in total. The molecule has 33 heavy (non-hydrogen) atoms. The highest BCUT2D eigenvalue weighted by molar-refractivity contribution is 5.80. The van der Waals surface area contributed by atoms with Gasteiger partial charge in [-0.1, -0.05) is 30.3 Å². The zero-order chi connectivity index (χ0) is 23.4. The van der Waals surface area contributed by atoms with Gasteiger partial charge in [0.15, 0.2) is 0 Å². The zero-order valence-corrected chi connectivity index (χ0v) is 19.3.